The molecule has 0 spiro atoms. The zero-order valence-corrected chi connectivity index (χ0v) is 9.24. The average molecular weight is 211 g/mol. The van der Waals surface area contributed by atoms with Crippen LogP contribution in [0.3, 0.4) is 0 Å². The Labute approximate surface area is 90.2 Å². The molecule has 2 nitrogen and oxygen atoms in total. The van der Waals surface area contributed by atoms with E-state index in [1.165, 1.54) is 12.1 Å². The van der Waals surface area contributed by atoms with E-state index in [1.54, 1.807) is 19.2 Å². The summed E-state index contributed by atoms with van der Waals surface area (Å²) in [6.07, 6.45) is 1.98. The van der Waals surface area contributed by atoms with Crippen LogP contribution >= 0.6 is 0 Å². The molecule has 1 rings (SSSR count). The van der Waals surface area contributed by atoms with E-state index in [0.717, 1.165) is 18.4 Å². The first-order valence-corrected chi connectivity index (χ1v) is 5.17. The Morgan fingerprint density at radius 1 is 1.27 bits per heavy atom. The van der Waals surface area contributed by atoms with Crippen molar-refractivity contribution >= 4 is 0 Å². The van der Waals surface area contributed by atoms with Gasteiger partial charge in [-0.3, -0.25) is 0 Å². The van der Waals surface area contributed by atoms with Crippen molar-refractivity contribution < 1.29 is 9.13 Å². The topological polar surface area (TPSA) is 35.2 Å². The first kappa shape index (κ1) is 12.1. The summed E-state index contributed by atoms with van der Waals surface area (Å²) in [6.45, 7) is 2.01. The molecule has 2 atom stereocenters. The quantitative estimate of drug-likeness (QED) is 0.812. The predicted octanol–water partition coefficient (Wildman–Crippen LogP) is 2.64. The van der Waals surface area contributed by atoms with Gasteiger partial charge in [0, 0.05) is 13.2 Å². The summed E-state index contributed by atoms with van der Waals surface area (Å²) in [7, 11) is 1.69. The molecule has 0 fully saturated rings. The maximum atomic E-state index is 12.7. The third-order valence-electron chi connectivity index (χ3n) is 2.58. The monoisotopic (exact) mass is 211 g/mol. The number of methoxy groups -OCH3 is 1. The molecule has 3 heteroatoms. The fourth-order valence-corrected chi connectivity index (χ4v) is 1.41. The van der Waals surface area contributed by atoms with E-state index in [4.69, 9.17) is 10.5 Å². The van der Waals surface area contributed by atoms with Gasteiger partial charge in [-0.25, -0.2) is 4.39 Å². The molecule has 2 N–H and O–H groups in total. The zero-order chi connectivity index (χ0) is 11.3. The van der Waals surface area contributed by atoms with Crippen LogP contribution in [0.5, 0.6) is 0 Å². The number of hydrogen-bond donors (Lipinski definition) is 1. The van der Waals surface area contributed by atoms with Gasteiger partial charge in [0.15, 0.2) is 0 Å². The minimum Gasteiger partial charge on any atom is -0.382 e. The standard InChI is InChI=1S/C12H18FNO/c1-9(15-2)3-8-12(14)10-4-6-11(13)7-5-10/h4-7,9,12H,3,8,14H2,1-2H3. The van der Waals surface area contributed by atoms with Crippen molar-refractivity contribution in [3.63, 3.8) is 0 Å². The number of ether oxygens (including phenoxy) is 1. The van der Waals surface area contributed by atoms with Crippen molar-refractivity contribution in [3.05, 3.63) is 35.6 Å². The van der Waals surface area contributed by atoms with Crippen LogP contribution in [0.2, 0.25) is 0 Å². The molecule has 2 unspecified atom stereocenters. The Morgan fingerprint density at radius 2 is 1.87 bits per heavy atom. The Kier molecular flexibility index (Phi) is 4.72. The third kappa shape index (κ3) is 3.98. The number of nitrogens with two attached hydrogens (primary N) is 1. The highest BCUT2D eigenvalue weighted by Crippen LogP contribution is 2.17. The van der Waals surface area contributed by atoms with Gasteiger partial charge in [0.25, 0.3) is 0 Å². The van der Waals surface area contributed by atoms with Gasteiger partial charge in [-0.2, -0.15) is 0 Å². The van der Waals surface area contributed by atoms with Gasteiger partial charge in [0.2, 0.25) is 0 Å². The van der Waals surface area contributed by atoms with Crippen LogP contribution in [-0.2, 0) is 4.74 Å². The normalized spacial score (nSPS) is 14.9. The van der Waals surface area contributed by atoms with Crippen molar-refractivity contribution in [1.29, 1.82) is 0 Å². The Balaban J connectivity index is 2.46. The van der Waals surface area contributed by atoms with Crippen molar-refractivity contribution in [2.24, 2.45) is 5.73 Å². The van der Waals surface area contributed by atoms with Gasteiger partial charge in [0.1, 0.15) is 5.82 Å². The molecule has 0 saturated carbocycles. The second kappa shape index (κ2) is 5.83. The molecule has 0 aliphatic rings. The van der Waals surface area contributed by atoms with Crippen molar-refractivity contribution in [3.8, 4) is 0 Å². The minimum absolute atomic E-state index is 0.0387. The maximum Gasteiger partial charge on any atom is 0.123 e. The number of halogens is 1. The lowest BCUT2D eigenvalue weighted by atomic mass is 10.0. The smallest absolute Gasteiger partial charge is 0.123 e. The maximum absolute atomic E-state index is 12.7. The first-order valence-electron chi connectivity index (χ1n) is 5.17. The summed E-state index contributed by atoms with van der Waals surface area (Å²) in [5.41, 5.74) is 6.94. The highest BCUT2D eigenvalue weighted by atomic mass is 19.1. The van der Waals surface area contributed by atoms with E-state index in [0.29, 0.717) is 0 Å². The molecule has 1 aromatic rings. The molecule has 15 heavy (non-hydrogen) atoms. The summed E-state index contributed by atoms with van der Waals surface area (Å²) in [6, 6.07) is 6.31. The molecule has 0 aliphatic carbocycles. The summed E-state index contributed by atoms with van der Waals surface area (Å²) < 4.78 is 17.8. The highest BCUT2D eigenvalue weighted by Gasteiger charge is 2.08. The molecular weight excluding hydrogens is 193 g/mol. The lowest BCUT2D eigenvalue weighted by molar-refractivity contribution is 0.107. The van der Waals surface area contributed by atoms with E-state index in [-0.39, 0.29) is 18.0 Å². The Hall–Kier alpha value is -0.930. The molecule has 0 heterocycles. The molecule has 0 aromatic heterocycles. The van der Waals surface area contributed by atoms with E-state index >= 15 is 0 Å². The lowest BCUT2D eigenvalue weighted by Gasteiger charge is -2.14. The van der Waals surface area contributed by atoms with Crippen LogP contribution in [0.25, 0.3) is 0 Å². The summed E-state index contributed by atoms with van der Waals surface area (Å²) >= 11 is 0. The van der Waals surface area contributed by atoms with Gasteiger partial charge in [-0.1, -0.05) is 12.1 Å². The van der Waals surface area contributed by atoms with Crippen molar-refractivity contribution in [2.75, 3.05) is 7.11 Å². The van der Waals surface area contributed by atoms with Gasteiger partial charge < -0.3 is 10.5 Å². The highest BCUT2D eigenvalue weighted by molar-refractivity contribution is 5.19. The predicted molar refractivity (Wildman–Crippen MR) is 59.0 cm³/mol. The lowest BCUT2D eigenvalue weighted by Crippen LogP contribution is -2.14. The molecule has 0 aliphatic heterocycles. The van der Waals surface area contributed by atoms with Gasteiger partial charge >= 0.3 is 0 Å². The Morgan fingerprint density at radius 3 is 2.40 bits per heavy atom. The van der Waals surface area contributed by atoms with Crippen molar-refractivity contribution in [1.82, 2.24) is 0 Å². The molecule has 1 aromatic carbocycles. The largest absolute Gasteiger partial charge is 0.382 e. The molecule has 0 saturated heterocycles. The zero-order valence-electron chi connectivity index (χ0n) is 9.24. The van der Waals surface area contributed by atoms with Crippen LogP contribution in [0, 0.1) is 5.82 Å². The average Bonchev–Trinajstić information content (AvgIpc) is 2.26. The summed E-state index contributed by atoms with van der Waals surface area (Å²) in [5, 5.41) is 0. The van der Waals surface area contributed by atoms with Crippen LogP contribution in [0.15, 0.2) is 24.3 Å². The van der Waals surface area contributed by atoms with E-state index in [1.807, 2.05) is 6.92 Å². The molecule has 0 amide bonds. The number of benzene rings is 1. The minimum atomic E-state index is -0.226. The first-order chi connectivity index (χ1) is 7.13. The van der Waals surface area contributed by atoms with E-state index in [9.17, 15) is 4.39 Å². The molecule has 0 radical (unpaired) electrons. The second-order valence-corrected chi connectivity index (χ2v) is 3.78. The summed E-state index contributed by atoms with van der Waals surface area (Å²) in [5.74, 6) is -0.226. The van der Waals surface area contributed by atoms with E-state index in [2.05, 4.69) is 0 Å². The van der Waals surface area contributed by atoms with Gasteiger partial charge in [-0.05, 0) is 37.5 Å². The fraction of sp³-hybridized carbons (Fsp3) is 0.500. The fourth-order valence-electron chi connectivity index (χ4n) is 1.41. The van der Waals surface area contributed by atoms with E-state index < -0.39 is 0 Å². The second-order valence-electron chi connectivity index (χ2n) is 3.78. The van der Waals surface area contributed by atoms with Crippen LogP contribution in [0.4, 0.5) is 4.39 Å². The number of rotatable bonds is 5. The molecule has 84 valence electrons. The number of hydrogen-bond acceptors (Lipinski definition) is 2. The van der Waals surface area contributed by atoms with Crippen LogP contribution < -0.4 is 5.73 Å². The van der Waals surface area contributed by atoms with Crippen molar-refractivity contribution in [2.45, 2.75) is 31.9 Å². The SMILES string of the molecule is COC(C)CCC(N)c1ccc(F)cc1. The van der Waals surface area contributed by atoms with Crippen LogP contribution in [0.1, 0.15) is 31.4 Å². The summed E-state index contributed by atoms with van der Waals surface area (Å²) in [4.78, 5) is 0. The van der Waals surface area contributed by atoms with Gasteiger partial charge in [-0.15, -0.1) is 0 Å². The molecule has 0 bridgehead atoms. The Bertz CT molecular complexity index is 286. The molecular formula is C12H18FNO. The third-order valence-corrected chi connectivity index (χ3v) is 2.58. The van der Waals surface area contributed by atoms with Gasteiger partial charge in [0.05, 0.1) is 6.10 Å². The van der Waals surface area contributed by atoms with Crippen LogP contribution in [-0.4, -0.2) is 13.2 Å².